The van der Waals surface area contributed by atoms with Gasteiger partial charge in [0.1, 0.15) is 6.10 Å². The Hall–Kier alpha value is -1.13. The lowest BCUT2D eigenvalue weighted by molar-refractivity contribution is -0.746. The van der Waals surface area contributed by atoms with Crippen molar-refractivity contribution in [1.29, 1.82) is 0 Å². The molecule has 6 nitrogen and oxygen atoms in total. The molecule has 0 aromatic carbocycles. The Morgan fingerprint density at radius 3 is 2.23 bits per heavy atom. The molecule has 128 valence electrons. The molecule has 0 radical (unpaired) electrons. The van der Waals surface area contributed by atoms with Gasteiger partial charge in [-0.15, -0.1) is 0 Å². The molecule has 7 heteroatoms. The molecule has 0 bridgehead atoms. The third-order valence-electron chi connectivity index (χ3n) is 3.60. The smallest absolute Gasteiger partial charge is 0.331 e. The summed E-state index contributed by atoms with van der Waals surface area (Å²) in [6.07, 6.45) is 4.48. The Morgan fingerprint density at radius 2 is 1.82 bits per heavy atom. The molecule has 2 unspecified atom stereocenters. The van der Waals surface area contributed by atoms with Crippen LogP contribution in [0.4, 0.5) is 0 Å². The quantitative estimate of drug-likeness (QED) is 0.377. The number of hydrogen-bond donors (Lipinski definition) is 1. The van der Waals surface area contributed by atoms with Gasteiger partial charge in [0.25, 0.3) is 7.29 Å². The van der Waals surface area contributed by atoms with E-state index in [1.165, 1.54) is 0 Å². The van der Waals surface area contributed by atoms with E-state index in [-0.39, 0.29) is 0 Å². The summed E-state index contributed by atoms with van der Waals surface area (Å²) in [7, 11) is 3.09. The van der Waals surface area contributed by atoms with Crippen LogP contribution in [0.2, 0.25) is 0 Å². The first-order valence-electron chi connectivity index (χ1n) is 7.57. The molecule has 0 aliphatic carbocycles. The van der Waals surface area contributed by atoms with Gasteiger partial charge >= 0.3 is 11.9 Å². The molecule has 0 saturated carbocycles. The lowest BCUT2D eigenvalue weighted by Gasteiger charge is -2.35. The van der Waals surface area contributed by atoms with Crippen LogP contribution in [-0.4, -0.2) is 60.9 Å². The van der Waals surface area contributed by atoms with Crippen LogP contribution in [0.5, 0.6) is 0 Å². The van der Waals surface area contributed by atoms with Gasteiger partial charge in [-0.05, 0) is 6.42 Å². The Morgan fingerprint density at radius 1 is 1.23 bits per heavy atom. The summed E-state index contributed by atoms with van der Waals surface area (Å²) in [5, 5.41) is 8.53. The van der Waals surface area contributed by atoms with E-state index in [1.807, 2.05) is 35.0 Å². The number of rotatable bonds is 10. The van der Waals surface area contributed by atoms with Crippen LogP contribution >= 0.6 is 7.29 Å². The summed E-state index contributed by atoms with van der Waals surface area (Å²) >= 11 is 0. The minimum Gasteiger partial charge on any atom is -0.478 e. The molecule has 1 N–H and O–H groups in total. The van der Waals surface area contributed by atoms with Crippen LogP contribution in [0.1, 0.15) is 33.1 Å². The maximum atomic E-state index is 13.1. The number of nitrogens with zero attached hydrogens (tertiary/aromatic N) is 1. The van der Waals surface area contributed by atoms with E-state index in [0.717, 1.165) is 25.0 Å². The van der Waals surface area contributed by atoms with Gasteiger partial charge in [0, 0.05) is 18.3 Å². The molecule has 2 atom stereocenters. The highest BCUT2D eigenvalue weighted by Gasteiger charge is 2.38. The van der Waals surface area contributed by atoms with E-state index in [2.05, 4.69) is 0 Å². The highest BCUT2D eigenvalue weighted by molar-refractivity contribution is 7.58. The standard InChI is InChI=1S/C15H28NO5P/c1-6-8-9-13(21-15(19)11-10-14(17)18)12-22(20,7-2)16(3,4)5/h10-11,13H,6-9,12H2,1-5H3/p+1/b11-10+. The minimum absolute atomic E-state index is 0.319. The number of carboxylic acid groups (broad SMARTS) is 1. The average Bonchev–Trinajstić information content (AvgIpc) is 2.41. The topological polar surface area (TPSA) is 80.7 Å². The monoisotopic (exact) mass is 334 g/mol. The van der Waals surface area contributed by atoms with Crippen molar-refractivity contribution in [2.24, 2.45) is 0 Å². The van der Waals surface area contributed by atoms with Gasteiger partial charge in [-0.3, -0.25) is 8.82 Å². The summed E-state index contributed by atoms with van der Waals surface area (Å²) in [6.45, 7) is 3.91. The Balaban J connectivity index is 5.02. The van der Waals surface area contributed by atoms with E-state index in [0.29, 0.717) is 23.0 Å². The third kappa shape index (κ3) is 7.23. The van der Waals surface area contributed by atoms with E-state index < -0.39 is 25.3 Å². The van der Waals surface area contributed by atoms with Crippen molar-refractivity contribution in [2.75, 3.05) is 33.5 Å². The zero-order valence-corrected chi connectivity index (χ0v) is 15.1. The SMILES string of the molecule is CCCCC(CP(=O)(CC)[N+](C)(C)C)OC(=O)/C=C/C(=O)O. The molecule has 0 aliphatic heterocycles. The van der Waals surface area contributed by atoms with Crippen LogP contribution in [0.3, 0.4) is 0 Å². The van der Waals surface area contributed by atoms with Crippen molar-refractivity contribution in [3.63, 3.8) is 0 Å². The van der Waals surface area contributed by atoms with Crippen molar-refractivity contribution in [1.82, 2.24) is 0 Å². The number of ether oxygens (including phenoxy) is 1. The number of carbonyl (C=O) groups excluding carboxylic acids is 1. The number of carboxylic acids is 1. The van der Waals surface area contributed by atoms with Gasteiger partial charge in [0.05, 0.1) is 27.3 Å². The number of aliphatic carboxylic acids is 1. The van der Waals surface area contributed by atoms with Crippen LogP contribution in [0.25, 0.3) is 0 Å². The highest BCUT2D eigenvalue weighted by atomic mass is 31.2. The fourth-order valence-corrected chi connectivity index (χ4v) is 4.57. The predicted molar refractivity (Wildman–Crippen MR) is 87.2 cm³/mol. The molecule has 0 heterocycles. The zero-order valence-electron chi connectivity index (χ0n) is 14.2. The fourth-order valence-electron chi connectivity index (χ4n) is 2.08. The van der Waals surface area contributed by atoms with E-state index in [9.17, 15) is 14.2 Å². The van der Waals surface area contributed by atoms with E-state index in [1.54, 1.807) is 0 Å². The van der Waals surface area contributed by atoms with Crippen molar-refractivity contribution >= 4 is 19.2 Å². The molecular weight excluding hydrogens is 305 g/mol. The van der Waals surface area contributed by atoms with Gasteiger partial charge in [-0.25, -0.2) is 9.59 Å². The number of carbonyl (C=O) groups is 2. The summed E-state index contributed by atoms with van der Waals surface area (Å²) in [6, 6.07) is 0. The highest BCUT2D eigenvalue weighted by Crippen LogP contribution is 2.53. The second-order valence-electron chi connectivity index (χ2n) is 6.16. The number of esters is 1. The van der Waals surface area contributed by atoms with Gasteiger partial charge in [0.15, 0.2) is 0 Å². The molecule has 0 aliphatic rings. The Labute approximate surface area is 133 Å². The molecular formula is C15H29NO5P+. The molecule has 22 heavy (non-hydrogen) atoms. The van der Waals surface area contributed by atoms with Crippen molar-refractivity contribution in [3.8, 4) is 0 Å². The van der Waals surface area contributed by atoms with Gasteiger partial charge in [-0.1, -0.05) is 26.7 Å². The lowest BCUT2D eigenvalue weighted by Crippen LogP contribution is -2.36. The van der Waals surface area contributed by atoms with Gasteiger partial charge < -0.3 is 9.84 Å². The van der Waals surface area contributed by atoms with Crippen LogP contribution in [0.15, 0.2) is 12.2 Å². The van der Waals surface area contributed by atoms with E-state index >= 15 is 0 Å². The maximum absolute atomic E-state index is 13.1. The first-order valence-corrected chi connectivity index (χ1v) is 9.60. The third-order valence-corrected chi connectivity index (χ3v) is 7.75. The summed E-state index contributed by atoms with van der Waals surface area (Å²) in [4.78, 5) is 22.1. The summed E-state index contributed by atoms with van der Waals surface area (Å²) in [5.41, 5.74) is 0. The van der Waals surface area contributed by atoms with Gasteiger partial charge in [-0.2, -0.15) is 0 Å². The second kappa shape index (κ2) is 9.11. The number of unbranched alkanes of at least 4 members (excludes halogenated alkanes) is 1. The zero-order chi connectivity index (χ0) is 17.4. The first-order chi connectivity index (χ1) is 10.1. The molecule has 0 fully saturated rings. The van der Waals surface area contributed by atoms with Crippen LogP contribution in [0, 0.1) is 0 Å². The largest absolute Gasteiger partial charge is 0.478 e. The Bertz CT molecular complexity index is 453. The van der Waals surface area contributed by atoms with E-state index in [4.69, 9.17) is 9.84 Å². The predicted octanol–water partition coefficient (Wildman–Crippen LogP) is 2.73. The molecule has 0 amide bonds. The van der Waals surface area contributed by atoms with Gasteiger partial charge in [0.2, 0.25) is 0 Å². The minimum atomic E-state index is -2.55. The summed E-state index contributed by atoms with van der Waals surface area (Å²) < 4.78 is 18.8. The van der Waals surface area contributed by atoms with Crippen LogP contribution in [-0.2, 0) is 18.9 Å². The normalized spacial score (nSPS) is 16.2. The molecule has 0 saturated heterocycles. The number of quaternary nitrogens is 1. The maximum Gasteiger partial charge on any atom is 0.331 e. The van der Waals surface area contributed by atoms with Crippen molar-refractivity contribution in [2.45, 2.75) is 39.2 Å². The molecule has 0 spiro atoms. The number of hydrogen-bond acceptors (Lipinski definition) is 4. The van der Waals surface area contributed by atoms with Crippen molar-refractivity contribution < 1.29 is 28.3 Å². The molecule has 0 aromatic heterocycles. The summed E-state index contributed by atoms with van der Waals surface area (Å²) in [5.74, 6) is -1.90. The second-order valence-corrected chi connectivity index (χ2v) is 10.0. The van der Waals surface area contributed by atoms with Crippen LogP contribution < -0.4 is 0 Å². The molecule has 0 rings (SSSR count). The Kier molecular flexibility index (Phi) is 8.64. The first kappa shape index (κ1) is 20.9. The molecule has 0 aromatic rings. The fraction of sp³-hybridized carbons (Fsp3) is 0.733. The van der Waals surface area contributed by atoms with Crippen molar-refractivity contribution in [3.05, 3.63) is 12.2 Å². The average molecular weight is 334 g/mol. The lowest BCUT2D eigenvalue weighted by atomic mass is 10.2.